The second-order valence-electron chi connectivity index (χ2n) is 10.3. The van der Waals surface area contributed by atoms with E-state index >= 15 is 0 Å². The lowest BCUT2D eigenvalue weighted by Gasteiger charge is -2.15. The Hall–Kier alpha value is -4.45. The van der Waals surface area contributed by atoms with Crippen molar-refractivity contribution in [2.24, 2.45) is 7.05 Å². The highest BCUT2D eigenvalue weighted by atomic mass is 16.4. The van der Waals surface area contributed by atoms with Gasteiger partial charge in [0.05, 0.1) is 27.6 Å². The number of hydrogen-bond donors (Lipinski definition) is 1. The minimum atomic E-state index is -0.870. The Morgan fingerprint density at radius 2 is 1.79 bits per heavy atom. The Morgan fingerprint density at radius 3 is 2.54 bits per heavy atom. The van der Waals surface area contributed by atoms with Gasteiger partial charge in [0, 0.05) is 25.6 Å². The molecule has 6 rings (SSSR count). The normalized spacial score (nSPS) is 13.6. The number of fused-ring (bicyclic) bond motifs is 2. The van der Waals surface area contributed by atoms with Crippen molar-refractivity contribution in [3.05, 3.63) is 101 Å². The van der Waals surface area contributed by atoms with Crippen LogP contribution in [0.2, 0.25) is 0 Å². The first kappa shape index (κ1) is 24.9. The quantitative estimate of drug-likeness (QED) is 0.251. The molecule has 0 atom stereocenters. The van der Waals surface area contributed by atoms with Gasteiger partial charge in [0.15, 0.2) is 0 Å². The van der Waals surface area contributed by atoms with Gasteiger partial charge in [-0.25, -0.2) is 14.8 Å². The molecule has 0 radical (unpaired) electrons. The smallest absolute Gasteiger partial charge is 0.335 e. The molecule has 39 heavy (non-hydrogen) atoms. The number of para-hydroxylation sites is 2. The monoisotopic (exact) mass is 516 g/mol. The standard InChI is InChI=1S/C33H32N4O2/c1-4-9-30-35-31-21(2)18-24(32-34-27-12-7-8-13-28(27)36(32)3)19-29(31)37(30)20-22-14-16-23(17-15-22)25-10-5-6-11-26(25)33(38)39/h6-8,11-19H,4-5,9-10,20H2,1-3H3,(H,38,39). The van der Waals surface area contributed by atoms with E-state index in [-0.39, 0.29) is 0 Å². The molecule has 0 unspecified atom stereocenters. The molecule has 1 N–H and O–H groups in total. The molecule has 0 bridgehead atoms. The lowest BCUT2D eigenvalue weighted by molar-refractivity contribution is -0.132. The molecule has 0 saturated carbocycles. The average molecular weight is 517 g/mol. The molecule has 196 valence electrons. The Bertz CT molecular complexity index is 1780. The summed E-state index contributed by atoms with van der Waals surface area (Å²) in [5.74, 6) is 1.15. The number of aromatic nitrogens is 4. The van der Waals surface area contributed by atoms with Crippen molar-refractivity contribution in [2.75, 3.05) is 0 Å². The zero-order valence-corrected chi connectivity index (χ0v) is 22.6. The third-order valence-corrected chi connectivity index (χ3v) is 7.69. The molecule has 3 aromatic carbocycles. The van der Waals surface area contributed by atoms with Crippen molar-refractivity contribution in [1.29, 1.82) is 0 Å². The number of carboxylic acids is 1. The molecule has 6 nitrogen and oxygen atoms in total. The topological polar surface area (TPSA) is 72.9 Å². The number of benzene rings is 3. The molecule has 1 aliphatic rings. The predicted octanol–water partition coefficient (Wildman–Crippen LogP) is 7.09. The van der Waals surface area contributed by atoms with Crippen molar-refractivity contribution in [1.82, 2.24) is 19.1 Å². The van der Waals surface area contributed by atoms with Gasteiger partial charge in [0.1, 0.15) is 11.6 Å². The molecule has 0 amide bonds. The Balaban J connectivity index is 1.42. The number of imidazole rings is 2. The maximum absolute atomic E-state index is 11.7. The molecule has 2 aromatic heterocycles. The summed E-state index contributed by atoms with van der Waals surface area (Å²) < 4.78 is 4.49. The number of carboxylic acid groups (broad SMARTS) is 1. The highest BCUT2D eigenvalue weighted by Crippen LogP contribution is 2.32. The van der Waals surface area contributed by atoms with Crippen LogP contribution in [0.15, 0.2) is 78.4 Å². The van der Waals surface area contributed by atoms with E-state index in [4.69, 9.17) is 9.97 Å². The number of nitrogens with zero attached hydrogens (tertiary/aromatic N) is 4. The van der Waals surface area contributed by atoms with Crippen LogP contribution in [0.5, 0.6) is 0 Å². The fourth-order valence-corrected chi connectivity index (χ4v) is 5.72. The van der Waals surface area contributed by atoms with Crippen molar-refractivity contribution in [2.45, 2.75) is 46.1 Å². The van der Waals surface area contributed by atoms with E-state index < -0.39 is 5.97 Å². The van der Waals surface area contributed by atoms with E-state index in [0.717, 1.165) is 87.2 Å². The van der Waals surface area contributed by atoms with Crippen LogP contribution in [0, 0.1) is 6.92 Å². The number of carbonyl (C=O) groups is 1. The summed E-state index contributed by atoms with van der Waals surface area (Å²) in [6, 6.07) is 21.0. The van der Waals surface area contributed by atoms with E-state index in [0.29, 0.717) is 12.1 Å². The van der Waals surface area contributed by atoms with Gasteiger partial charge in [-0.3, -0.25) is 0 Å². The van der Waals surface area contributed by atoms with Crippen LogP contribution in [-0.4, -0.2) is 30.2 Å². The van der Waals surface area contributed by atoms with Crippen LogP contribution in [0.3, 0.4) is 0 Å². The molecule has 1 aliphatic carbocycles. The maximum Gasteiger partial charge on any atom is 0.335 e. The van der Waals surface area contributed by atoms with Gasteiger partial charge < -0.3 is 14.2 Å². The molecule has 0 saturated heterocycles. The van der Waals surface area contributed by atoms with E-state index in [1.54, 1.807) is 6.08 Å². The summed E-state index contributed by atoms with van der Waals surface area (Å²) in [6.07, 6.45) is 7.18. The summed E-state index contributed by atoms with van der Waals surface area (Å²) in [7, 11) is 2.07. The molecule has 6 heteroatoms. The maximum atomic E-state index is 11.7. The first-order valence-corrected chi connectivity index (χ1v) is 13.6. The Kier molecular flexibility index (Phi) is 6.39. The second-order valence-corrected chi connectivity index (χ2v) is 10.3. The molecule has 0 fully saturated rings. The third-order valence-electron chi connectivity index (χ3n) is 7.69. The van der Waals surface area contributed by atoms with Crippen LogP contribution >= 0.6 is 0 Å². The molecule has 0 spiro atoms. The van der Waals surface area contributed by atoms with Crippen LogP contribution in [0.25, 0.3) is 39.0 Å². The summed E-state index contributed by atoms with van der Waals surface area (Å²) in [4.78, 5) is 21.8. The minimum absolute atomic E-state index is 0.393. The van der Waals surface area contributed by atoms with Crippen LogP contribution < -0.4 is 0 Å². The van der Waals surface area contributed by atoms with Gasteiger partial charge in [0.25, 0.3) is 0 Å². The highest BCUT2D eigenvalue weighted by molar-refractivity contribution is 6.00. The minimum Gasteiger partial charge on any atom is -0.478 e. The average Bonchev–Trinajstić information content (AvgIpc) is 3.47. The first-order chi connectivity index (χ1) is 18.9. The van der Waals surface area contributed by atoms with Crippen LogP contribution in [0.1, 0.15) is 48.7 Å². The SMILES string of the molecule is CCCc1nc2c(C)cc(-c3nc4ccccc4n3C)cc2n1Cc1ccc(C2=C(C(=O)O)C=CCC2)cc1. The highest BCUT2D eigenvalue weighted by Gasteiger charge is 2.18. The zero-order chi connectivity index (χ0) is 27.1. The molecule has 2 heterocycles. The van der Waals surface area contributed by atoms with Crippen molar-refractivity contribution >= 4 is 33.6 Å². The van der Waals surface area contributed by atoms with Gasteiger partial charge in [-0.05, 0) is 72.7 Å². The number of aliphatic carboxylic acids is 1. The van der Waals surface area contributed by atoms with E-state index in [2.05, 4.69) is 78.6 Å². The number of hydrogen-bond acceptors (Lipinski definition) is 3. The third kappa shape index (κ3) is 4.46. The first-order valence-electron chi connectivity index (χ1n) is 13.6. The van der Waals surface area contributed by atoms with E-state index in [1.165, 1.54) is 0 Å². The summed E-state index contributed by atoms with van der Waals surface area (Å²) >= 11 is 0. The second kappa shape index (κ2) is 10.0. The van der Waals surface area contributed by atoms with Crippen LogP contribution in [0.4, 0.5) is 0 Å². The molecular formula is C33H32N4O2. The Labute approximate surface area is 228 Å². The molecule has 5 aromatic rings. The lowest BCUT2D eigenvalue weighted by Crippen LogP contribution is -2.07. The van der Waals surface area contributed by atoms with Gasteiger partial charge >= 0.3 is 5.97 Å². The molecular weight excluding hydrogens is 484 g/mol. The summed E-state index contributed by atoms with van der Waals surface area (Å²) in [6.45, 7) is 5.01. The van der Waals surface area contributed by atoms with Crippen molar-refractivity contribution < 1.29 is 9.90 Å². The fraction of sp³-hybridized carbons (Fsp3) is 0.242. The van der Waals surface area contributed by atoms with Crippen molar-refractivity contribution in [3.8, 4) is 11.4 Å². The van der Waals surface area contributed by atoms with E-state index in [1.807, 2.05) is 18.2 Å². The molecule has 0 aliphatic heterocycles. The summed E-state index contributed by atoms with van der Waals surface area (Å²) in [5.41, 5.74) is 9.89. The predicted molar refractivity (Wildman–Crippen MR) is 157 cm³/mol. The zero-order valence-electron chi connectivity index (χ0n) is 22.6. The summed E-state index contributed by atoms with van der Waals surface area (Å²) in [5, 5.41) is 9.64. The van der Waals surface area contributed by atoms with E-state index in [9.17, 15) is 9.90 Å². The number of aryl methyl sites for hydroxylation is 3. The van der Waals surface area contributed by atoms with Gasteiger partial charge in [-0.15, -0.1) is 0 Å². The van der Waals surface area contributed by atoms with Gasteiger partial charge in [0.2, 0.25) is 0 Å². The fourth-order valence-electron chi connectivity index (χ4n) is 5.72. The van der Waals surface area contributed by atoms with Crippen LogP contribution in [-0.2, 0) is 24.8 Å². The van der Waals surface area contributed by atoms with Gasteiger partial charge in [-0.1, -0.05) is 55.5 Å². The largest absolute Gasteiger partial charge is 0.478 e. The number of rotatable bonds is 7. The number of allylic oxidation sites excluding steroid dienone is 2. The lowest BCUT2D eigenvalue weighted by atomic mass is 9.91. The van der Waals surface area contributed by atoms with Gasteiger partial charge in [-0.2, -0.15) is 0 Å². The Morgan fingerprint density at radius 1 is 1.00 bits per heavy atom. The van der Waals surface area contributed by atoms with Crippen molar-refractivity contribution in [3.63, 3.8) is 0 Å².